The lowest BCUT2D eigenvalue weighted by atomic mass is 10.2. The smallest absolute Gasteiger partial charge is 0.353 e. The third-order valence-electron chi connectivity index (χ3n) is 2.25. The summed E-state index contributed by atoms with van der Waals surface area (Å²) in [5, 5.41) is 16.9. The van der Waals surface area contributed by atoms with Crippen LogP contribution >= 0.6 is 15.9 Å². The van der Waals surface area contributed by atoms with Crippen molar-refractivity contribution in [3.05, 3.63) is 45.8 Å². The van der Waals surface area contributed by atoms with Crippen molar-refractivity contribution < 1.29 is 19.1 Å². The number of aromatic amines is 1. The Bertz CT molecular complexity index is 656. The van der Waals surface area contributed by atoms with Gasteiger partial charge in [0.25, 0.3) is 5.91 Å². The average molecular weight is 328 g/mol. The van der Waals surface area contributed by atoms with Crippen molar-refractivity contribution in [2.24, 2.45) is 0 Å². The molecule has 98 valence electrons. The summed E-state index contributed by atoms with van der Waals surface area (Å²) in [6, 6.07) is 5.18. The van der Waals surface area contributed by atoms with Crippen LogP contribution in [0.1, 0.15) is 20.8 Å². The maximum Gasteiger partial charge on any atom is 0.353 e. The molecular weight excluding hydrogens is 321 g/mol. The number of carboxylic acid groups (broad SMARTS) is 1. The zero-order valence-electron chi connectivity index (χ0n) is 9.28. The van der Waals surface area contributed by atoms with Crippen molar-refractivity contribution in [3.8, 4) is 0 Å². The van der Waals surface area contributed by atoms with Gasteiger partial charge in [-0.15, -0.1) is 0 Å². The summed E-state index contributed by atoms with van der Waals surface area (Å²) in [6.07, 6.45) is 0. The minimum atomic E-state index is -1.19. The van der Waals surface area contributed by atoms with E-state index in [2.05, 4.69) is 31.4 Å². The molecule has 0 saturated heterocycles. The Morgan fingerprint density at radius 3 is 2.79 bits per heavy atom. The molecule has 2 aromatic rings. The molecule has 0 aliphatic heterocycles. The summed E-state index contributed by atoms with van der Waals surface area (Å²) in [4.78, 5) is 22.5. The van der Waals surface area contributed by atoms with Crippen LogP contribution in [-0.2, 0) is 0 Å². The number of benzene rings is 1. The van der Waals surface area contributed by atoms with Crippen LogP contribution in [0, 0.1) is 5.82 Å². The van der Waals surface area contributed by atoms with Crippen LogP contribution in [-0.4, -0.2) is 27.2 Å². The van der Waals surface area contributed by atoms with Crippen LogP contribution in [0.25, 0.3) is 0 Å². The Morgan fingerprint density at radius 2 is 2.16 bits per heavy atom. The zero-order chi connectivity index (χ0) is 14.0. The molecule has 0 saturated carbocycles. The summed E-state index contributed by atoms with van der Waals surface area (Å²) < 4.78 is 13.3. The molecule has 0 fully saturated rings. The molecule has 3 N–H and O–H groups in total. The molecule has 1 aromatic heterocycles. The highest BCUT2D eigenvalue weighted by molar-refractivity contribution is 9.10. The van der Waals surface area contributed by atoms with Crippen LogP contribution in [0.3, 0.4) is 0 Å². The van der Waals surface area contributed by atoms with Crippen molar-refractivity contribution in [3.63, 3.8) is 0 Å². The van der Waals surface area contributed by atoms with Gasteiger partial charge < -0.3 is 10.4 Å². The zero-order valence-corrected chi connectivity index (χ0v) is 10.9. The monoisotopic (exact) mass is 327 g/mol. The number of aromatic carboxylic acids is 1. The van der Waals surface area contributed by atoms with Gasteiger partial charge in [-0.1, -0.05) is 6.07 Å². The number of amides is 1. The fraction of sp³-hybridized carbons (Fsp3) is 0. The number of carboxylic acids is 1. The van der Waals surface area contributed by atoms with Gasteiger partial charge in [0.2, 0.25) is 0 Å². The first kappa shape index (κ1) is 13.2. The summed E-state index contributed by atoms with van der Waals surface area (Å²) in [6.45, 7) is 0. The second kappa shape index (κ2) is 5.19. The van der Waals surface area contributed by atoms with Gasteiger partial charge in [0, 0.05) is 6.07 Å². The van der Waals surface area contributed by atoms with E-state index < -0.39 is 17.7 Å². The molecular formula is C11H7BrFN3O3. The maximum absolute atomic E-state index is 13.3. The number of nitrogens with zero attached hydrogens (tertiary/aromatic N) is 1. The predicted molar refractivity (Wildman–Crippen MR) is 67.6 cm³/mol. The van der Waals surface area contributed by atoms with E-state index in [0.29, 0.717) is 0 Å². The molecule has 0 atom stereocenters. The first-order valence-electron chi connectivity index (χ1n) is 5.03. The molecule has 1 heterocycles. The van der Waals surface area contributed by atoms with Crippen LogP contribution in [0.4, 0.5) is 10.2 Å². The Balaban J connectivity index is 2.21. The van der Waals surface area contributed by atoms with Crippen LogP contribution in [0.2, 0.25) is 0 Å². The molecule has 0 unspecified atom stereocenters. The van der Waals surface area contributed by atoms with Gasteiger partial charge in [-0.25, -0.2) is 9.18 Å². The number of carbonyl (C=O) groups is 2. The molecule has 0 aliphatic carbocycles. The lowest BCUT2D eigenvalue weighted by molar-refractivity contribution is 0.0690. The largest absolute Gasteiger partial charge is 0.477 e. The Labute approximate surface area is 114 Å². The second-order valence-electron chi connectivity index (χ2n) is 3.53. The number of rotatable bonds is 3. The van der Waals surface area contributed by atoms with Crippen molar-refractivity contribution >= 4 is 33.6 Å². The molecule has 0 aliphatic rings. The highest BCUT2D eigenvalue weighted by Gasteiger charge is 2.15. The van der Waals surface area contributed by atoms with Gasteiger partial charge in [-0.2, -0.15) is 5.10 Å². The van der Waals surface area contributed by atoms with Gasteiger partial charge in [0.05, 0.1) is 10.0 Å². The van der Waals surface area contributed by atoms with E-state index in [1.54, 1.807) is 0 Å². The van der Waals surface area contributed by atoms with Crippen molar-refractivity contribution in [1.29, 1.82) is 0 Å². The fourth-order valence-electron chi connectivity index (χ4n) is 1.36. The molecule has 19 heavy (non-hydrogen) atoms. The van der Waals surface area contributed by atoms with Crippen LogP contribution < -0.4 is 5.32 Å². The Morgan fingerprint density at radius 1 is 1.42 bits per heavy atom. The summed E-state index contributed by atoms with van der Waals surface area (Å²) in [7, 11) is 0. The van der Waals surface area contributed by atoms with E-state index in [9.17, 15) is 14.0 Å². The Kier molecular flexibility index (Phi) is 3.61. The highest BCUT2D eigenvalue weighted by atomic mass is 79.9. The van der Waals surface area contributed by atoms with E-state index in [-0.39, 0.29) is 21.5 Å². The number of carbonyl (C=O) groups excluding carboxylic acids is 1. The number of H-pyrrole nitrogens is 1. The van der Waals surface area contributed by atoms with Crippen molar-refractivity contribution in [2.75, 3.05) is 5.32 Å². The summed E-state index contributed by atoms with van der Waals surface area (Å²) in [5.74, 6) is -2.32. The lowest BCUT2D eigenvalue weighted by Gasteiger charge is -2.04. The summed E-state index contributed by atoms with van der Waals surface area (Å²) >= 11 is 2.96. The number of hydrogen-bond donors (Lipinski definition) is 3. The maximum atomic E-state index is 13.3. The Hall–Kier alpha value is -2.22. The van der Waals surface area contributed by atoms with Gasteiger partial charge in [0.1, 0.15) is 11.5 Å². The first-order chi connectivity index (χ1) is 8.99. The summed E-state index contributed by atoms with van der Waals surface area (Å²) in [5.41, 5.74) is -0.0755. The number of halogens is 2. The van der Waals surface area contributed by atoms with E-state index >= 15 is 0 Å². The quantitative estimate of drug-likeness (QED) is 0.805. The number of hydrogen-bond acceptors (Lipinski definition) is 3. The minimum Gasteiger partial charge on any atom is -0.477 e. The molecule has 1 amide bonds. The first-order valence-corrected chi connectivity index (χ1v) is 5.82. The van der Waals surface area contributed by atoms with Crippen molar-refractivity contribution in [1.82, 2.24) is 10.2 Å². The van der Waals surface area contributed by atoms with Crippen molar-refractivity contribution in [2.45, 2.75) is 0 Å². The SMILES string of the molecule is O=C(O)c1cc(NC(=O)c2cccc(F)c2Br)n[nH]1. The van der Waals surface area contributed by atoms with Gasteiger partial charge in [-0.05, 0) is 28.1 Å². The van der Waals surface area contributed by atoms with E-state index in [1.807, 2.05) is 0 Å². The molecule has 8 heteroatoms. The van der Waals surface area contributed by atoms with Gasteiger partial charge in [-0.3, -0.25) is 9.89 Å². The van der Waals surface area contributed by atoms with Crippen LogP contribution in [0.15, 0.2) is 28.7 Å². The highest BCUT2D eigenvalue weighted by Crippen LogP contribution is 2.21. The van der Waals surface area contributed by atoms with E-state index in [4.69, 9.17) is 5.11 Å². The van der Waals surface area contributed by atoms with E-state index in [0.717, 1.165) is 6.07 Å². The molecule has 0 spiro atoms. The third-order valence-corrected chi connectivity index (χ3v) is 3.05. The van der Waals surface area contributed by atoms with Gasteiger partial charge in [0.15, 0.2) is 5.82 Å². The number of aromatic nitrogens is 2. The predicted octanol–water partition coefficient (Wildman–Crippen LogP) is 2.26. The number of nitrogens with one attached hydrogen (secondary N) is 2. The topological polar surface area (TPSA) is 95.1 Å². The van der Waals surface area contributed by atoms with Crippen LogP contribution in [0.5, 0.6) is 0 Å². The van der Waals surface area contributed by atoms with Gasteiger partial charge >= 0.3 is 5.97 Å². The molecule has 0 bridgehead atoms. The normalized spacial score (nSPS) is 10.2. The average Bonchev–Trinajstić information content (AvgIpc) is 2.81. The minimum absolute atomic E-state index is 0.0292. The fourth-order valence-corrected chi connectivity index (χ4v) is 1.80. The molecule has 2 rings (SSSR count). The molecule has 6 nitrogen and oxygen atoms in total. The molecule has 0 radical (unpaired) electrons. The second-order valence-corrected chi connectivity index (χ2v) is 4.32. The third kappa shape index (κ3) is 2.79. The number of anilines is 1. The van der Waals surface area contributed by atoms with E-state index in [1.165, 1.54) is 18.2 Å². The standard InChI is InChI=1S/C11H7BrFN3O3/c12-9-5(2-1-3-6(9)13)10(17)14-8-4-7(11(18)19)15-16-8/h1-4H,(H,18,19)(H2,14,15,16,17). The molecule has 1 aromatic carbocycles. The lowest BCUT2D eigenvalue weighted by Crippen LogP contribution is -2.13.